The fraction of sp³-hybridized carbons (Fsp3) is 0.158. The lowest BCUT2D eigenvalue weighted by atomic mass is 10.1. The van der Waals surface area contributed by atoms with Crippen LogP contribution in [0.3, 0.4) is 0 Å². The molecule has 0 unspecified atom stereocenters. The molecule has 122 valence electrons. The Hall–Kier alpha value is -2.95. The van der Waals surface area contributed by atoms with Crippen LogP contribution in [-0.4, -0.2) is 26.9 Å². The van der Waals surface area contributed by atoms with Crippen molar-refractivity contribution >= 4 is 5.91 Å². The molecule has 0 fully saturated rings. The van der Waals surface area contributed by atoms with Gasteiger partial charge in [0.25, 0.3) is 5.91 Å². The molecule has 1 amide bonds. The van der Waals surface area contributed by atoms with E-state index in [1.807, 2.05) is 35.9 Å². The number of rotatable bonds is 5. The summed E-state index contributed by atoms with van der Waals surface area (Å²) in [7, 11) is 0. The zero-order valence-corrected chi connectivity index (χ0v) is 13.4. The number of amides is 1. The molecule has 3 rings (SSSR count). The molecular weight excluding hydrogens is 305 g/mol. The van der Waals surface area contributed by atoms with Crippen LogP contribution in [0.15, 0.2) is 67.3 Å². The van der Waals surface area contributed by atoms with Gasteiger partial charge in [-0.3, -0.25) is 4.79 Å². The third-order valence-electron chi connectivity index (χ3n) is 3.85. The Morgan fingerprint density at radius 3 is 2.62 bits per heavy atom. The van der Waals surface area contributed by atoms with Crippen LogP contribution in [0, 0.1) is 5.82 Å². The fourth-order valence-electron chi connectivity index (χ4n) is 2.55. The maximum atomic E-state index is 13.3. The third-order valence-corrected chi connectivity index (χ3v) is 3.85. The van der Waals surface area contributed by atoms with Gasteiger partial charge in [-0.25, -0.2) is 9.37 Å². The normalized spacial score (nSPS) is 10.6. The topological polar surface area (TPSA) is 38.1 Å². The van der Waals surface area contributed by atoms with Crippen LogP contribution in [0.2, 0.25) is 0 Å². The largest absolute Gasteiger partial charge is 0.335 e. The van der Waals surface area contributed by atoms with Crippen molar-refractivity contribution in [2.75, 3.05) is 6.54 Å². The molecule has 0 saturated heterocycles. The number of hydrogen-bond donors (Lipinski definition) is 0. The first-order valence-corrected chi connectivity index (χ1v) is 7.79. The van der Waals surface area contributed by atoms with Crippen LogP contribution in [0.25, 0.3) is 5.69 Å². The van der Waals surface area contributed by atoms with Crippen LogP contribution in [0.4, 0.5) is 4.39 Å². The summed E-state index contributed by atoms with van der Waals surface area (Å²) in [5, 5.41) is 0. The van der Waals surface area contributed by atoms with Crippen LogP contribution in [0.1, 0.15) is 22.8 Å². The fourth-order valence-corrected chi connectivity index (χ4v) is 2.55. The minimum absolute atomic E-state index is 0.0704. The van der Waals surface area contributed by atoms with Gasteiger partial charge in [0.05, 0.1) is 6.33 Å². The van der Waals surface area contributed by atoms with Gasteiger partial charge in [0.1, 0.15) is 5.82 Å². The van der Waals surface area contributed by atoms with E-state index in [2.05, 4.69) is 4.98 Å². The molecule has 5 heteroatoms. The third kappa shape index (κ3) is 3.51. The van der Waals surface area contributed by atoms with E-state index < -0.39 is 0 Å². The molecule has 0 aliphatic heterocycles. The van der Waals surface area contributed by atoms with Crippen LogP contribution in [0.5, 0.6) is 0 Å². The van der Waals surface area contributed by atoms with Gasteiger partial charge < -0.3 is 9.47 Å². The lowest BCUT2D eigenvalue weighted by molar-refractivity contribution is 0.0752. The molecule has 24 heavy (non-hydrogen) atoms. The highest BCUT2D eigenvalue weighted by molar-refractivity contribution is 5.94. The molecule has 0 aliphatic carbocycles. The highest BCUT2D eigenvalue weighted by Gasteiger charge is 2.15. The molecule has 0 radical (unpaired) electrons. The number of carbonyl (C=O) groups excluding carboxylic acids is 1. The summed E-state index contributed by atoms with van der Waals surface area (Å²) in [5.74, 6) is -0.361. The second-order valence-electron chi connectivity index (χ2n) is 5.47. The lowest BCUT2D eigenvalue weighted by Crippen LogP contribution is -2.30. The zero-order valence-electron chi connectivity index (χ0n) is 13.4. The van der Waals surface area contributed by atoms with Gasteiger partial charge in [0.2, 0.25) is 0 Å². The van der Waals surface area contributed by atoms with Crippen molar-refractivity contribution in [1.29, 1.82) is 0 Å². The minimum Gasteiger partial charge on any atom is -0.335 e. The van der Waals surface area contributed by atoms with Crippen molar-refractivity contribution in [2.45, 2.75) is 13.5 Å². The van der Waals surface area contributed by atoms with Crippen LogP contribution >= 0.6 is 0 Å². The molecule has 0 saturated carbocycles. The van der Waals surface area contributed by atoms with Crippen molar-refractivity contribution in [2.24, 2.45) is 0 Å². The Labute approximate surface area is 140 Å². The molecule has 0 spiro atoms. The first-order chi connectivity index (χ1) is 11.7. The second-order valence-corrected chi connectivity index (χ2v) is 5.47. The molecule has 1 heterocycles. The van der Waals surface area contributed by atoms with E-state index in [1.54, 1.807) is 35.6 Å². The van der Waals surface area contributed by atoms with Gasteiger partial charge >= 0.3 is 0 Å². The van der Waals surface area contributed by atoms with E-state index in [4.69, 9.17) is 0 Å². The number of carbonyl (C=O) groups is 1. The van der Waals surface area contributed by atoms with Crippen molar-refractivity contribution in [3.05, 3.63) is 84.2 Å². The first-order valence-electron chi connectivity index (χ1n) is 7.79. The molecule has 0 bridgehead atoms. The van der Waals surface area contributed by atoms with Gasteiger partial charge in [-0.2, -0.15) is 0 Å². The standard InChI is InChI=1S/C19H18FN3O/c1-2-22(13-15-4-3-5-17(20)12-15)19(24)16-6-8-18(9-7-16)23-11-10-21-14-23/h3-12,14H,2,13H2,1H3. The van der Waals surface area contributed by atoms with Gasteiger partial charge in [-0.05, 0) is 48.9 Å². The highest BCUT2D eigenvalue weighted by Crippen LogP contribution is 2.14. The van der Waals surface area contributed by atoms with Crippen molar-refractivity contribution in [3.8, 4) is 5.69 Å². The van der Waals surface area contributed by atoms with Crippen LogP contribution < -0.4 is 0 Å². The second kappa shape index (κ2) is 7.08. The summed E-state index contributed by atoms with van der Waals surface area (Å²) in [6.07, 6.45) is 5.26. The van der Waals surface area contributed by atoms with Crippen molar-refractivity contribution < 1.29 is 9.18 Å². The van der Waals surface area contributed by atoms with E-state index in [1.165, 1.54) is 12.1 Å². The van der Waals surface area contributed by atoms with Gasteiger partial charge in [0, 0.05) is 36.7 Å². The maximum Gasteiger partial charge on any atom is 0.254 e. The molecule has 0 atom stereocenters. The van der Waals surface area contributed by atoms with Gasteiger partial charge in [0.15, 0.2) is 0 Å². The average molecular weight is 323 g/mol. The Morgan fingerprint density at radius 1 is 1.21 bits per heavy atom. The highest BCUT2D eigenvalue weighted by atomic mass is 19.1. The predicted molar refractivity (Wildman–Crippen MR) is 90.4 cm³/mol. The number of nitrogens with zero attached hydrogens (tertiary/aromatic N) is 3. The predicted octanol–water partition coefficient (Wildman–Crippen LogP) is 3.67. The zero-order chi connectivity index (χ0) is 16.9. The molecular formula is C19H18FN3O. The number of aromatic nitrogens is 2. The summed E-state index contributed by atoms with van der Waals surface area (Å²) in [6, 6.07) is 13.7. The number of imidazole rings is 1. The Balaban J connectivity index is 1.76. The Morgan fingerprint density at radius 2 is 2.00 bits per heavy atom. The van der Waals surface area contributed by atoms with Crippen LogP contribution in [-0.2, 0) is 6.54 Å². The number of hydrogen-bond acceptors (Lipinski definition) is 2. The Bertz CT molecular complexity index is 813. The van der Waals surface area contributed by atoms with E-state index in [0.29, 0.717) is 18.7 Å². The van der Waals surface area contributed by atoms with Crippen molar-refractivity contribution in [3.63, 3.8) is 0 Å². The van der Waals surface area contributed by atoms with Gasteiger partial charge in [-0.1, -0.05) is 12.1 Å². The smallest absolute Gasteiger partial charge is 0.254 e. The molecule has 3 aromatic rings. The summed E-state index contributed by atoms with van der Waals surface area (Å²) in [6.45, 7) is 2.85. The molecule has 0 N–H and O–H groups in total. The summed E-state index contributed by atoms with van der Waals surface area (Å²) in [4.78, 5) is 18.4. The summed E-state index contributed by atoms with van der Waals surface area (Å²) >= 11 is 0. The summed E-state index contributed by atoms with van der Waals surface area (Å²) < 4.78 is 15.2. The molecule has 1 aromatic heterocycles. The lowest BCUT2D eigenvalue weighted by Gasteiger charge is -2.21. The minimum atomic E-state index is -0.291. The van der Waals surface area contributed by atoms with E-state index in [0.717, 1.165) is 11.3 Å². The quantitative estimate of drug-likeness (QED) is 0.718. The maximum absolute atomic E-state index is 13.3. The Kier molecular flexibility index (Phi) is 4.70. The van der Waals surface area contributed by atoms with Crippen molar-refractivity contribution in [1.82, 2.24) is 14.5 Å². The van der Waals surface area contributed by atoms with E-state index in [-0.39, 0.29) is 11.7 Å². The van der Waals surface area contributed by atoms with E-state index in [9.17, 15) is 9.18 Å². The average Bonchev–Trinajstić information content (AvgIpc) is 3.14. The van der Waals surface area contributed by atoms with Gasteiger partial charge in [-0.15, -0.1) is 0 Å². The molecule has 2 aromatic carbocycles. The summed E-state index contributed by atoms with van der Waals surface area (Å²) in [5.41, 5.74) is 2.33. The number of halogens is 1. The monoisotopic (exact) mass is 323 g/mol. The molecule has 0 aliphatic rings. The molecule has 4 nitrogen and oxygen atoms in total. The first kappa shape index (κ1) is 15.9. The SMILES string of the molecule is CCN(Cc1cccc(F)c1)C(=O)c1ccc(-n2ccnc2)cc1. The number of benzene rings is 2. The van der Waals surface area contributed by atoms with E-state index >= 15 is 0 Å².